The van der Waals surface area contributed by atoms with Crippen LogP contribution in [-0.2, 0) is 17.7 Å². The maximum atomic E-state index is 12.5. The van der Waals surface area contributed by atoms with Gasteiger partial charge in [-0.3, -0.25) is 4.79 Å². The van der Waals surface area contributed by atoms with Crippen molar-refractivity contribution in [3.8, 4) is 0 Å². The lowest BCUT2D eigenvalue weighted by atomic mass is 9.95. The van der Waals surface area contributed by atoms with Crippen LogP contribution in [0.4, 0.5) is 0 Å². The highest BCUT2D eigenvalue weighted by Crippen LogP contribution is 2.19. The van der Waals surface area contributed by atoms with E-state index in [9.17, 15) is 4.79 Å². The van der Waals surface area contributed by atoms with Crippen LogP contribution < -0.4 is 5.32 Å². The van der Waals surface area contributed by atoms with Gasteiger partial charge >= 0.3 is 0 Å². The van der Waals surface area contributed by atoms with Crippen molar-refractivity contribution in [2.75, 3.05) is 26.7 Å². The predicted octanol–water partition coefficient (Wildman–Crippen LogP) is 1.83. The summed E-state index contributed by atoms with van der Waals surface area (Å²) in [4.78, 5) is 14.3. The number of likely N-dealkylation sites (N-methyl/N-ethyl adjacent to an activating group) is 1. The Hall–Kier alpha value is -1.39. The second-order valence-corrected chi connectivity index (χ2v) is 5.52. The molecule has 1 aliphatic rings. The Bertz CT molecular complexity index is 472. The number of benzene rings is 1. The standard InChI is InChI=1S/C16H24N2O2/c1-12(2)20-10-9-18(3)16(19)15-6-4-5-13-11-17-8-7-14(13)15/h4-6,12,17H,7-11H2,1-3H3. The van der Waals surface area contributed by atoms with E-state index in [0.717, 1.165) is 25.1 Å². The molecular weight excluding hydrogens is 252 g/mol. The fourth-order valence-corrected chi connectivity index (χ4v) is 2.46. The van der Waals surface area contributed by atoms with Gasteiger partial charge in [0.25, 0.3) is 5.91 Å². The lowest BCUT2D eigenvalue weighted by molar-refractivity contribution is 0.0531. The maximum absolute atomic E-state index is 12.5. The molecule has 0 saturated heterocycles. The number of carbonyl (C=O) groups excluding carboxylic acids is 1. The van der Waals surface area contributed by atoms with Crippen molar-refractivity contribution >= 4 is 5.91 Å². The SMILES string of the molecule is CC(C)OCCN(C)C(=O)c1cccc2c1CCNC2. The first-order chi connectivity index (χ1) is 9.59. The molecule has 0 fully saturated rings. The van der Waals surface area contributed by atoms with Crippen LogP contribution in [0.3, 0.4) is 0 Å². The minimum atomic E-state index is 0.0936. The highest BCUT2D eigenvalue weighted by atomic mass is 16.5. The first-order valence-electron chi connectivity index (χ1n) is 7.28. The highest BCUT2D eigenvalue weighted by Gasteiger charge is 2.19. The summed E-state index contributed by atoms with van der Waals surface area (Å²) in [5, 5.41) is 3.34. The molecule has 1 N–H and O–H groups in total. The minimum Gasteiger partial charge on any atom is -0.377 e. The largest absolute Gasteiger partial charge is 0.377 e. The Morgan fingerprint density at radius 3 is 3.00 bits per heavy atom. The van der Waals surface area contributed by atoms with E-state index in [2.05, 4.69) is 11.4 Å². The van der Waals surface area contributed by atoms with Crippen LogP contribution in [0.25, 0.3) is 0 Å². The van der Waals surface area contributed by atoms with Gasteiger partial charge in [0.15, 0.2) is 0 Å². The lowest BCUT2D eigenvalue weighted by Gasteiger charge is -2.23. The quantitative estimate of drug-likeness (QED) is 0.892. The molecule has 1 amide bonds. The summed E-state index contributed by atoms with van der Waals surface area (Å²) in [6.07, 6.45) is 1.13. The zero-order valence-corrected chi connectivity index (χ0v) is 12.6. The summed E-state index contributed by atoms with van der Waals surface area (Å²) < 4.78 is 5.51. The van der Waals surface area contributed by atoms with Crippen molar-refractivity contribution in [1.29, 1.82) is 0 Å². The molecule has 0 radical (unpaired) electrons. The van der Waals surface area contributed by atoms with Crippen LogP contribution in [0.15, 0.2) is 18.2 Å². The molecule has 1 aliphatic heterocycles. The topological polar surface area (TPSA) is 41.6 Å². The molecule has 0 bridgehead atoms. The number of nitrogens with zero attached hydrogens (tertiary/aromatic N) is 1. The maximum Gasteiger partial charge on any atom is 0.253 e. The molecule has 20 heavy (non-hydrogen) atoms. The second kappa shape index (κ2) is 6.86. The van der Waals surface area contributed by atoms with Crippen LogP contribution in [-0.4, -0.2) is 43.7 Å². The fourth-order valence-electron chi connectivity index (χ4n) is 2.46. The average molecular weight is 276 g/mol. The van der Waals surface area contributed by atoms with Gasteiger partial charge in [-0.2, -0.15) is 0 Å². The van der Waals surface area contributed by atoms with Crippen molar-refractivity contribution in [3.63, 3.8) is 0 Å². The van der Waals surface area contributed by atoms with E-state index in [-0.39, 0.29) is 12.0 Å². The van der Waals surface area contributed by atoms with Gasteiger partial charge in [0.1, 0.15) is 0 Å². The summed E-state index contributed by atoms with van der Waals surface area (Å²) in [6.45, 7) is 7.01. The van der Waals surface area contributed by atoms with Gasteiger partial charge in [0.2, 0.25) is 0 Å². The van der Waals surface area contributed by atoms with Crippen molar-refractivity contribution in [1.82, 2.24) is 10.2 Å². The van der Waals surface area contributed by atoms with Crippen molar-refractivity contribution in [2.45, 2.75) is 32.9 Å². The zero-order chi connectivity index (χ0) is 14.5. The third-order valence-electron chi connectivity index (χ3n) is 3.60. The lowest BCUT2D eigenvalue weighted by Crippen LogP contribution is -2.33. The zero-order valence-electron chi connectivity index (χ0n) is 12.6. The number of rotatable bonds is 5. The number of hydrogen-bond acceptors (Lipinski definition) is 3. The Kier molecular flexibility index (Phi) is 5.15. The number of ether oxygens (including phenoxy) is 1. The first kappa shape index (κ1) is 15.0. The average Bonchev–Trinajstić information content (AvgIpc) is 2.45. The molecule has 1 aromatic carbocycles. The van der Waals surface area contributed by atoms with E-state index in [1.165, 1.54) is 11.1 Å². The van der Waals surface area contributed by atoms with E-state index in [1.54, 1.807) is 4.90 Å². The summed E-state index contributed by atoms with van der Waals surface area (Å²) in [5.74, 6) is 0.0936. The Morgan fingerprint density at radius 2 is 2.25 bits per heavy atom. The summed E-state index contributed by atoms with van der Waals surface area (Å²) in [6, 6.07) is 6.00. The van der Waals surface area contributed by atoms with Gasteiger partial charge in [-0.05, 0) is 44.0 Å². The van der Waals surface area contributed by atoms with E-state index in [0.29, 0.717) is 13.2 Å². The molecule has 0 aromatic heterocycles. The predicted molar refractivity (Wildman–Crippen MR) is 79.9 cm³/mol. The minimum absolute atomic E-state index is 0.0936. The molecule has 2 rings (SSSR count). The van der Waals surface area contributed by atoms with Crippen molar-refractivity contribution in [3.05, 3.63) is 34.9 Å². The van der Waals surface area contributed by atoms with Crippen LogP contribution in [0.5, 0.6) is 0 Å². The van der Waals surface area contributed by atoms with Crippen molar-refractivity contribution in [2.24, 2.45) is 0 Å². The Morgan fingerprint density at radius 1 is 1.45 bits per heavy atom. The molecular formula is C16H24N2O2. The van der Waals surface area contributed by atoms with Gasteiger partial charge < -0.3 is 15.0 Å². The Balaban J connectivity index is 2.05. The van der Waals surface area contributed by atoms with Crippen LogP contribution >= 0.6 is 0 Å². The van der Waals surface area contributed by atoms with E-state index in [4.69, 9.17) is 4.74 Å². The number of amides is 1. The van der Waals surface area contributed by atoms with Crippen molar-refractivity contribution < 1.29 is 9.53 Å². The van der Waals surface area contributed by atoms with Crippen LogP contribution in [0, 0.1) is 0 Å². The number of carbonyl (C=O) groups is 1. The third-order valence-corrected chi connectivity index (χ3v) is 3.60. The van der Waals surface area contributed by atoms with Crippen LogP contribution in [0.1, 0.15) is 35.3 Å². The van der Waals surface area contributed by atoms with E-state index < -0.39 is 0 Å². The molecule has 0 unspecified atom stereocenters. The molecule has 0 aliphatic carbocycles. The van der Waals surface area contributed by atoms with Gasteiger partial charge in [-0.15, -0.1) is 0 Å². The summed E-state index contributed by atoms with van der Waals surface area (Å²) in [5.41, 5.74) is 3.29. The molecule has 4 heteroatoms. The van der Waals surface area contributed by atoms with E-state index >= 15 is 0 Å². The third kappa shape index (κ3) is 3.58. The number of hydrogen-bond donors (Lipinski definition) is 1. The van der Waals surface area contributed by atoms with Gasteiger partial charge in [-0.25, -0.2) is 0 Å². The smallest absolute Gasteiger partial charge is 0.253 e. The fraction of sp³-hybridized carbons (Fsp3) is 0.562. The van der Waals surface area contributed by atoms with E-state index in [1.807, 2.05) is 33.0 Å². The molecule has 4 nitrogen and oxygen atoms in total. The van der Waals surface area contributed by atoms with Gasteiger partial charge in [0.05, 0.1) is 12.7 Å². The second-order valence-electron chi connectivity index (χ2n) is 5.52. The highest BCUT2D eigenvalue weighted by molar-refractivity contribution is 5.96. The molecule has 0 saturated carbocycles. The van der Waals surface area contributed by atoms with Gasteiger partial charge in [-0.1, -0.05) is 12.1 Å². The number of fused-ring (bicyclic) bond motifs is 1. The first-order valence-corrected chi connectivity index (χ1v) is 7.28. The molecule has 1 aromatic rings. The molecule has 0 spiro atoms. The summed E-state index contributed by atoms with van der Waals surface area (Å²) in [7, 11) is 1.84. The molecule has 110 valence electrons. The normalized spacial score (nSPS) is 14.2. The Labute approximate surface area is 121 Å². The van der Waals surface area contributed by atoms with Gasteiger partial charge in [0, 0.05) is 25.7 Å². The summed E-state index contributed by atoms with van der Waals surface area (Å²) >= 11 is 0. The monoisotopic (exact) mass is 276 g/mol. The number of nitrogens with one attached hydrogen (secondary N) is 1. The molecule has 1 heterocycles. The molecule has 0 atom stereocenters. The van der Waals surface area contributed by atoms with Crippen LogP contribution in [0.2, 0.25) is 0 Å².